The number of amides is 1. The number of nitrogens with zero attached hydrogens (tertiary/aromatic N) is 9. The number of rotatable bonds is 6. The molecule has 3 atom stereocenters. The molecule has 2 aromatic carbocycles. The van der Waals surface area contributed by atoms with E-state index in [1.807, 2.05) is 11.0 Å². The number of halogens is 4. The van der Waals surface area contributed by atoms with Crippen LogP contribution in [-0.2, 0) is 0 Å². The Morgan fingerprint density at radius 1 is 1.28 bits per heavy atom. The molecule has 2 N–H and O–H groups in total. The highest BCUT2D eigenvalue weighted by molar-refractivity contribution is 7.23. The maximum atomic E-state index is 17.0. The lowest BCUT2D eigenvalue weighted by molar-refractivity contribution is 0.107. The van der Waals surface area contributed by atoms with Gasteiger partial charge in [0.05, 0.1) is 20.8 Å². The monoisotopic (exact) mass is 722 g/mol. The second kappa shape index (κ2) is 12.3. The third-order valence-corrected chi connectivity index (χ3v) is 11.5. The van der Waals surface area contributed by atoms with Gasteiger partial charge in [0.25, 0.3) is 0 Å². The fourth-order valence-corrected chi connectivity index (χ4v) is 9.00. The van der Waals surface area contributed by atoms with E-state index in [4.69, 9.17) is 27.1 Å². The van der Waals surface area contributed by atoms with Crippen LogP contribution in [0.3, 0.4) is 0 Å². The minimum atomic E-state index is -0.970. The van der Waals surface area contributed by atoms with Crippen molar-refractivity contribution in [2.75, 3.05) is 50.5 Å². The van der Waals surface area contributed by atoms with Crippen LogP contribution in [0.5, 0.6) is 6.01 Å². The standard InChI is InChI=1S/C33H30ClF3N10O2S/c1-44(18-5-8-45(13-18)32(48)47-16-40-15-41-47)30-20-9-22(34)25(19-3-4-23(36)28-24(19)21(11-38)29(39)50-28)26(37)27(20)42-31(43-30)49-14-33-6-2-7-46(33)12-17(35)10-33/h3-4,9,15-18H,2,5-8,10,12-14,39H2,1H3/t17-,18-,33+/m1/s1. The summed E-state index contributed by atoms with van der Waals surface area (Å²) in [5.41, 5.74) is 5.57. The second-order valence-electron chi connectivity index (χ2n) is 13.0. The van der Waals surface area contributed by atoms with Crippen molar-refractivity contribution in [1.29, 1.82) is 5.26 Å². The lowest BCUT2D eigenvalue weighted by Crippen LogP contribution is -2.43. The molecule has 8 rings (SSSR count). The maximum absolute atomic E-state index is 17.0. The van der Waals surface area contributed by atoms with E-state index in [2.05, 4.69) is 20.0 Å². The lowest BCUT2D eigenvalue weighted by Gasteiger charge is -2.31. The van der Waals surface area contributed by atoms with Gasteiger partial charge in [0, 0.05) is 55.5 Å². The highest BCUT2D eigenvalue weighted by atomic mass is 35.5. The molecule has 3 aromatic heterocycles. The average Bonchev–Trinajstić information content (AvgIpc) is 3.93. The predicted molar refractivity (Wildman–Crippen MR) is 182 cm³/mol. The molecular formula is C33H30ClF3N10O2S. The van der Waals surface area contributed by atoms with Gasteiger partial charge in [-0.3, -0.25) is 4.90 Å². The third kappa shape index (κ3) is 5.17. The van der Waals surface area contributed by atoms with Crippen LogP contribution in [0.1, 0.15) is 31.2 Å². The predicted octanol–water partition coefficient (Wildman–Crippen LogP) is 5.62. The number of nitriles is 1. The number of anilines is 2. The largest absolute Gasteiger partial charge is 0.461 e. The first-order chi connectivity index (χ1) is 24.1. The van der Waals surface area contributed by atoms with Crippen LogP contribution >= 0.6 is 22.9 Å². The normalized spacial score (nSPS) is 22.0. The van der Waals surface area contributed by atoms with Crippen LogP contribution < -0.4 is 15.4 Å². The molecular weight excluding hydrogens is 693 g/mol. The van der Waals surface area contributed by atoms with E-state index in [9.17, 15) is 18.8 Å². The van der Waals surface area contributed by atoms with Gasteiger partial charge in [0.1, 0.15) is 53.7 Å². The first-order valence-corrected chi connectivity index (χ1v) is 17.3. The number of hydrogen-bond donors (Lipinski definition) is 1. The van der Waals surface area contributed by atoms with Crippen molar-refractivity contribution in [3.05, 3.63) is 53.1 Å². The molecule has 1 amide bonds. The van der Waals surface area contributed by atoms with Crippen LogP contribution in [0.4, 0.5) is 28.8 Å². The van der Waals surface area contributed by atoms with Crippen LogP contribution in [-0.4, -0.2) is 98.1 Å². The van der Waals surface area contributed by atoms with Crippen molar-refractivity contribution in [1.82, 2.24) is 34.5 Å². The Kier molecular flexibility index (Phi) is 7.96. The molecule has 17 heteroatoms. The van der Waals surface area contributed by atoms with Gasteiger partial charge in [0.2, 0.25) is 0 Å². The fourth-order valence-electron chi connectivity index (χ4n) is 7.75. The molecule has 0 spiro atoms. The van der Waals surface area contributed by atoms with Crippen LogP contribution in [0.25, 0.3) is 32.1 Å². The number of ether oxygens (including phenoxy) is 1. The molecule has 0 unspecified atom stereocenters. The number of likely N-dealkylation sites (tertiary alicyclic amines) is 1. The summed E-state index contributed by atoms with van der Waals surface area (Å²) in [5.74, 6) is -1.11. The van der Waals surface area contributed by atoms with Gasteiger partial charge in [-0.05, 0) is 43.5 Å². The zero-order valence-electron chi connectivity index (χ0n) is 26.7. The zero-order valence-corrected chi connectivity index (χ0v) is 28.3. The highest BCUT2D eigenvalue weighted by Crippen LogP contribution is 2.46. The van der Waals surface area contributed by atoms with Crippen molar-refractivity contribution < 1.29 is 22.7 Å². The number of nitrogens with two attached hydrogens (primary N) is 1. The molecule has 0 bridgehead atoms. The Bertz CT molecular complexity index is 2210. The number of nitrogen functional groups attached to an aromatic ring is 1. The molecule has 12 nitrogen and oxygen atoms in total. The first kappa shape index (κ1) is 32.5. The molecule has 0 aliphatic carbocycles. The fraction of sp³-hybridized carbons (Fsp3) is 0.394. The van der Waals surface area contributed by atoms with Crippen LogP contribution in [0.2, 0.25) is 5.02 Å². The minimum absolute atomic E-state index is 0.0154. The summed E-state index contributed by atoms with van der Waals surface area (Å²) < 4.78 is 54.0. The number of aromatic nitrogens is 5. The summed E-state index contributed by atoms with van der Waals surface area (Å²) in [7, 11) is 1.79. The molecule has 258 valence electrons. The Hall–Kier alpha value is -4.72. The van der Waals surface area contributed by atoms with Gasteiger partial charge in [-0.1, -0.05) is 17.7 Å². The molecule has 0 saturated carbocycles. The SMILES string of the molecule is CN(c1nc(OC[C@@]23CCCN2C[C@H](F)C3)nc2c(F)c(-c3ccc(F)c4sc(N)c(C#N)c34)c(Cl)cc12)[C@@H]1CCN(C(=O)n2cncn2)C1. The summed E-state index contributed by atoms with van der Waals surface area (Å²) in [6.07, 6.45) is 4.22. The molecule has 6 heterocycles. The summed E-state index contributed by atoms with van der Waals surface area (Å²) in [4.78, 5) is 31.7. The summed E-state index contributed by atoms with van der Waals surface area (Å²) in [6.45, 7) is 1.98. The van der Waals surface area contributed by atoms with Gasteiger partial charge in [-0.15, -0.1) is 11.3 Å². The third-order valence-electron chi connectivity index (χ3n) is 10.2. The number of alkyl halides is 1. The van der Waals surface area contributed by atoms with E-state index < -0.39 is 23.3 Å². The molecule has 0 radical (unpaired) electrons. The van der Waals surface area contributed by atoms with Crippen LogP contribution in [0.15, 0.2) is 30.9 Å². The Morgan fingerprint density at radius 2 is 2.12 bits per heavy atom. The average molecular weight is 723 g/mol. The van der Waals surface area contributed by atoms with Crippen molar-refractivity contribution in [3.63, 3.8) is 0 Å². The van der Waals surface area contributed by atoms with E-state index in [0.717, 1.165) is 35.4 Å². The van der Waals surface area contributed by atoms with E-state index in [0.29, 0.717) is 38.3 Å². The van der Waals surface area contributed by atoms with Gasteiger partial charge in [-0.25, -0.2) is 22.9 Å². The summed E-state index contributed by atoms with van der Waals surface area (Å²) in [6, 6.07) is 5.44. The van der Waals surface area contributed by atoms with E-state index in [1.165, 1.54) is 30.9 Å². The van der Waals surface area contributed by atoms with Gasteiger partial charge in [-0.2, -0.15) is 25.0 Å². The van der Waals surface area contributed by atoms with Crippen molar-refractivity contribution in [2.24, 2.45) is 0 Å². The van der Waals surface area contributed by atoms with Gasteiger partial charge < -0.3 is 20.3 Å². The first-order valence-electron chi connectivity index (χ1n) is 16.1. The van der Waals surface area contributed by atoms with Crippen LogP contribution in [0, 0.1) is 23.0 Å². The second-order valence-corrected chi connectivity index (χ2v) is 14.5. The molecule has 3 saturated heterocycles. The van der Waals surface area contributed by atoms with E-state index in [-0.39, 0.29) is 72.4 Å². The molecule has 3 fully saturated rings. The number of carbonyl (C=O) groups excluding carboxylic acids is 1. The number of hydrogen-bond acceptors (Lipinski definition) is 11. The minimum Gasteiger partial charge on any atom is -0.461 e. The molecule has 3 aliphatic rings. The van der Waals surface area contributed by atoms with Crippen molar-refractivity contribution in [3.8, 4) is 23.2 Å². The number of carbonyl (C=O) groups is 1. The number of fused-ring (bicyclic) bond motifs is 3. The topological polar surface area (TPSA) is 142 Å². The van der Waals surface area contributed by atoms with Gasteiger partial charge >= 0.3 is 12.0 Å². The van der Waals surface area contributed by atoms with E-state index >= 15 is 4.39 Å². The Morgan fingerprint density at radius 3 is 2.90 bits per heavy atom. The van der Waals surface area contributed by atoms with Gasteiger partial charge in [0.15, 0.2) is 5.82 Å². The summed E-state index contributed by atoms with van der Waals surface area (Å²) in [5, 5.41) is 14.3. The zero-order chi connectivity index (χ0) is 34.9. The lowest BCUT2D eigenvalue weighted by atomic mass is 9.95. The van der Waals surface area contributed by atoms with E-state index in [1.54, 1.807) is 11.9 Å². The number of likely N-dealkylation sites (N-methyl/N-ethyl adjacent to an activating group) is 1. The van der Waals surface area contributed by atoms with Crippen molar-refractivity contribution in [2.45, 2.75) is 43.4 Å². The Balaban J connectivity index is 1.24. The summed E-state index contributed by atoms with van der Waals surface area (Å²) >= 11 is 7.74. The quantitative estimate of drug-likeness (QED) is 0.235. The maximum Gasteiger partial charge on any atom is 0.346 e. The van der Waals surface area contributed by atoms with Crippen molar-refractivity contribution >= 4 is 60.8 Å². The number of benzene rings is 2. The molecule has 50 heavy (non-hydrogen) atoms. The number of thiophene rings is 1. The highest BCUT2D eigenvalue weighted by Gasteiger charge is 2.49. The molecule has 5 aromatic rings. The smallest absolute Gasteiger partial charge is 0.346 e. The molecule has 3 aliphatic heterocycles. The Labute approximate surface area is 292 Å².